The molecule has 10 atom stereocenters. The summed E-state index contributed by atoms with van der Waals surface area (Å²) in [5.41, 5.74) is -6.00. The Kier molecular flexibility index (Phi) is 10.9. The van der Waals surface area contributed by atoms with Gasteiger partial charge in [0.15, 0.2) is 29.1 Å². The average molecular weight is 651 g/mol. The van der Waals surface area contributed by atoms with Crippen LogP contribution in [0.3, 0.4) is 0 Å². The van der Waals surface area contributed by atoms with Gasteiger partial charge < -0.3 is 19.3 Å². The third-order valence-corrected chi connectivity index (χ3v) is 12.6. The number of hydrogen-bond donors (Lipinski definition) is 1. The van der Waals surface area contributed by atoms with Gasteiger partial charge in [-0.2, -0.15) is 0 Å². The summed E-state index contributed by atoms with van der Waals surface area (Å²) in [5, 5.41) is 10.2. The Hall–Kier alpha value is -1.71. The van der Waals surface area contributed by atoms with E-state index in [2.05, 4.69) is 6.92 Å². The van der Waals surface area contributed by atoms with E-state index in [9.17, 15) is 19.5 Å². The molecule has 1 heterocycles. The molecule has 46 heavy (non-hydrogen) atoms. The zero-order valence-electron chi connectivity index (χ0n) is 28.4. The smallest absolute Gasteiger partial charge is 0.306 e. The van der Waals surface area contributed by atoms with Crippen molar-refractivity contribution in [3.63, 3.8) is 0 Å². The van der Waals surface area contributed by atoms with Crippen LogP contribution in [0.25, 0.3) is 0 Å². The minimum Gasteiger partial charge on any atom is -0.459 e. The van der Waals surface area contributed by atoms with Crippen LogP contribution in [0.4, 0.5) is 8.78 Å². The number of carbonyl (C=O) groups is 3. The van der Waals surface area contributed by atoms with E-state index in [1.165, 1.54) is 38.2 Å². The van der Waals surface area contributed by atoms with E-state index < -0.39 is 77.0 Å². The number of rotatable bonds is 15. The van der Waals surface area contributed by atoms with Gasteiger partial charge in [-0.1, -0.05) is 85.5 Å². The van der Waals surface area contributed by atoms with Crippen LogP contribution in [0.5, 0.6) is 0 Å². The summed E-state index contributed by atoms with van der Waals surface area (Å²) in [6.07, 6.45) is 8.63. The van der Waals surface area contributed by atoms with Gasteiger partial charge >= 0.3 is 5.97 Å². The molecule has 5 aliphatic rings. The molecule has 0 radical (unpaired) electrons. The van der Waals surface area contributed by atoms with Crippen molar-refractivity contribution in [2.24, 2.45) is 22.7 Å². The standard InChI is InChI=1S/C37H56F2O7/c1-5-7-8-9-10-11-12-13-14-16-32(43)44-31-22-35(4)25(21-30-37(35,29(42)23-40)46-33(45-30)15-6-2)26-20-28(38)27-19-24(41)17-18-34(27,3)36(26,31)39/h19,25-26,28,30-31,33,40H,5-18,20-23H2,1-4H3/t25-,26-,28-,30+,31-,33+,34-,35-,36-,37+/m0/s1. The molecule has 0 aromatic carbocycles. The van der Waals surface area contributed by atoms with Crippen LogP contribution in [-0.2, 0) is 28.6 Å². The number of fused-ring (bicyclic) bond motifs is 7. The Bertz CT molecular complexity index is 1170. The number of alkyl halides is 2. The highest BCUT2D eigenvalue weighted by Crippen LogP contribution is 2.73. The zero-order chi connectivity index (χ0) is 33.3. The predicted molar refractivity (Wildman–Crippen MR) is 169 cm³/mol. The van der Waals surface area contributed by atoms with Gasteiger partial charge in [-0.05, 0) is 56.1 Å². The van der Waals surface area contributed by atoms with Crippen molar-refractivity contribution < 1.29 is 42.5 Å². The molecule has 0 bridgehead atoms. The molecule has 0 amide bonds. The van der Waals surface area contributed by atoms with Crippen LogP contribution in [0.2, 0.25) is 0 Å². The first-order valence-electron chi connectivity index (χ1n) is 18.2. The molecule has 0 unspecified atom stereocenters. The maximum Gasteiger partial charge on any atom is 0.306 e. The number of ether oxygens (including phenoxy) is 3. The fraction of sp³-hybridized carbons (Fsp3) is 0.865. The summed E-state index contributed by atoms with van der Waals surface area (Å²) >= 11 is 0. The number of hydrogen-bond acceptors (Lipinski definition) is 7. The van der Waals surface area contributed by atoms with Crippen molar-refractivity contribution in [3.8, 4) is 0 Å². The molecule has 4 aliphatic carbocycles. The number of ketones is 2. The van der Waals surface area contributed by atoms with E-state index >= 15 is 8.78 Å². The van der Waals surface area contributed by atoms with Gasteiger partial charge in [0.1, 0.15) is 18.9 Å². The molecule has 3 saturated carbocycles. The zero-order valence-corrected chi connectivity index (χ0v) is 28.4. The van der Waals surface area contributed by atoms with Gasteiger partial charge in [-0.3, -0.25) is 14.4 Å². The predicted octanol–water partition coefficient (Wildman–Crippen LogP) is 7.45. The molecule has 1 N–H and O–H groups in total. The molecule has 7 nitrogen and oxygen atoms in total. The van der Waals surface area contributed by atoms with Crippen molar-refractivity contribution in [2.45, 2.75) is 173 Å². The number of esters is 1. The van der Waals surface area contributed by atoms with Crippen molar-refractivity contribution in [1.82, 2.24) is 0 Å². The summed E-state index contributed by atoms with van der Waals surface area (Å²) in [4.78, 5) is 39.6. The SMILES string of the molecule is CCCCCCCCCCCC(=O)O[C@H]1C[C@@]2(C)[C@@H](C[C@H]3O[C@@H](CCC)O[C@]32C(=O)CO)[C@@H]2C[C@H](F)C3=CC(=O)CC[C@]3(C)[C@@]12F. The lowest BCUT2D eigenvalue weighted by molar-refractivity contribution is -0.249. The van der Waals surface area contributed by atoms with Gasteiger partial charge in [0.2, 0.25) is 0 Å². The molecular formula is C37H56F2O7. The molecule has 5 rings (SSSR count). The van der Waals surface area contributed by atoms with Crippen molar-refractivity contribution in [1.29, 1.82) is 0 Å². The Morgan fingerprint density at radius 1 is 1.00 bits per heavy atom. The Morgan fingerprint density at radius 2 is 1.67 bits per heavy atom. The number of carbonyl (C=O) groups excluding carboxylic acids is 3. The Labute approximate surface area is 273 Å². The lowest BCUT2D eigenvalue weighted by atomic mass is 9.43. The second-order valence-corrected chi connectivity index (χ2v) is 15.3. The lowest BCUT2D eigenvalue weighted by Gasteiger charge is -2.64. The van der Waals surface area contributed by atoms with E-state index in [0.29, 0.717) is 12.8 Å². The summed E-state index contributed by atoms with van der Waals surface area (Å²) < 4.78 is 53.5. The van der Waals surface area contributed by atoms with E-state index in [0.717, 1.165) is 25.7 Å². The number of halogens is 2. The number of unbranched alkanes of at least 4 members (excludes halogenated alkanes) is 8. The molecule has 9 heteroatoms. The highest BCUT2D eigenvalue weighted by Gasteiger charge is 2.80. The first kappa shape index (κ1) is 35.6. The topological polar surface area (TPSA) is 99.1 Å². The van der Waals surface area contributed by atoms with Crippen LogP contribution in [0, 0.1) is 22.7 Å². The number of aliphatic hydroxyl groups is 1. The lowest BCUT2D eigenvalue weighted by Crippen LogP contribution is -2.72. The van der Waals surface area contributed by atoms with Crippen LogP contribution in [0.1, 0.15) is 137 Å². The van der Waals surface area contributed by atoms with Crippen LogP contribution < -0.4 is 0 Å². The molecule has 1 saturated heterocycles. The monoisotopic (exact) mass is 650 g/mol. The summed E-state index contributed by atoms with van der Waals surface area (Å²) in [6.45, 7) is 6.95. The molecular weight excluding hydrogens is 594 g/mol. The Balaban J connectivity index is 1.42. The third kappa shape index (κ3) is 5.72. The highest BCUT2D eigenvalue weighted by molar-refractivity contribution is 5.92. The van der Waals surface area contributed by atoms with Crippen molar-refractivity contribution >= 4 is 17.5 Å². The molecule has 260 valence electrons. The minimum absolute atomic E-state index is 0.0214. The minimum atomic E-state index is -2.16. The summed E-state index contributed by atoms with van der Waals surface area (Å²) in [6, 6.07) is 0. The quantitative estimate of drug-likeness (QED) is 0.145. The average Bonchev–Trinajstić information content (AvgIpc) is 3.50. The highest BCUT2D eigenvalue weighted by atomic mass is 19.1. The van der Waals surface area contributed by atoms with E-state index in [1.54, 1.807) is 6.92 Å². The first-order chi connectivity index (χ1) is 21.9. The number of allylic oxidation sites excluding steroid dienone is 1. The van der Waals surface area contributed by atoms with Gasteiger partial charge in [0.05, 0.1) is 6.10 Å². The summed E-state index contributed by atoms with van der Waals surface area (Å²) in [7, 11) is 0. The van der Waals surface area contributed by atoms with Gasteiger partial charge in [0.25, 0.3) is 0 Å². The van der Waals surface area contributed by atoms with Crippen LogP contribution in [0.15, 0.2) is 11.6 Å². The number of Topliss-reactive ketones (excluding diaryl/α,β-unsaturated/α-hetero) is 1. The largest absolute Gasteiger partial charge is 0.459 e. The number of aliphatic hydroxyl groups excluding tert-OH is 1. The first-order valence-corrected chi connectivity index (χ1v) is 18.2. The molecule has 0 spiro atoms. The second-order valence-electron chi connectivity index (χ2n) is 15.3. The van der Waals surface area contributed by atoms with Crippen LogP contribution in [-0.4, -0.2) is 65.2 Å². The van der Waals surface area contributed by atoms with Crippen molar-refractivity contribution in [3.05, 3.63) is 11.6 Å². The van der Waals surface area contributed by atoms with Gasteiger partial charge in [0, 0.05) is 29.6 Å². The van der Waals surface area contributed by atoms with Gasteiger partial charge in [-0.15, -0.1) is 0 Å². The van der Waals surface area contributed by atoms with E-state index in [4.69, 9.17) is 14.2 Å². The maximum atomic E-state index is 18.5. The van der Waals surface area contributed by atoms with Crippen molar-refractivity contribution in [2.75, 3.05) is 6.61 Å². The third-order valence-electron chi connectivity index (χ3n) is 12.6. The van der Waals surface area contributed by atoms with Crippen LogP contribution >= 0.6 is 0 Å². The summed E-state index contributed by atoms with van der Waals surface area (Å²) in [5.74, 6) is -2.69. The van der Waals surface area contributed by atoms with E-state index in [1.807, 2.05) is 13.8 Å². The molecule has 4 fully saturated rings. The van der Waals surface area contributed by atoms with E-state index in [-0.39, 0.29) is 49.9 Å². The molecule has 0 aromatic rings. The molecule has 0 aromatic heterocycles. The Morgan fingerprint density at radius 3 is 2.33 bits per heavy atom. The fourth-order valence-electron chi connectivity index (χ4n) is 10.2. The fourth-order valence-corrected chi connectivity index (χ4v) is 10.2. The van der Waals surface area contributed by atoms with Gasteiger partial charge in [-0.25, -0.2) is 8.78 Å². The maximum absolute atomic E-state index is 18.5. The molecule has 1 aliphatic heterocycles. The second kappa shape index (κ2) is 14.0. The normalized spacial score (nSPS) is 41.3.